The Morgan fingerprint density at radius 3 is 1.10 bits per heavy atom. The number of unbranched alkanes of at least 4 members (excludes halogenated alkanes) is 23. The first-order chi connectivity index (χ1) is 38.9. The van der Waals surface area contributed by atoms with E-state index in [4.69, 9.17) is 15.6 Å². The lowest BCUT2D eigenvalue weighted by Gasteiger charge is -2.26. The van der Waals surface area contributed by atoms with E-state index in [1.165, 1.54) is 183 Å². The minimum absolute atomic E-state index is 0.154. The van der Waals surface area contributed by atoms with Gasteiger partial charge < -0.3 is 41.3 Å². The van der Waals surface area contributed by atoms with Crippen molar-refractivity contribution in [3.8, 4) is 17.2 Å². The number of hydrogen-bond acceptors (Lipinski definition) is 12. The molecule has 0 aliphatic heterocycles. The van der Waals surface area contributed by atoms with Gasteiger partial charge in [-0.25, -0.2) is 0 Å². The van der Waals surface area contributed by atoms with Gasteiger partial charge in [0.15, 0.2) is 0 Å². The molecule has 3 atom stereocenters. The van der Waals surface area contributed by atoms with Gasteiger partial charge in [-0.15, -0.1) is 0 Å². The molecule has 0 saturated heterocycles. The highest BCUT2D eigenvalue weighted by Crippen LogP contribution is 2.26. The topological polar surface area (TPSA) is 211 Å². The molecule has 0 aliphatic carbocycles. The Hall–Kier alpha value is -5.10. The summed E-state index contributed by atoms with van der Waals surface area (Å²) in [4.78, 5) is 0. The number of nitrogens with zero attached hydrogens (tertiary/aromatic N) is 4. The summed E-state index contributed by atoms with van der Waals surface area (Å²) in [7, 11) is 0. The molecule has 456 valence electrons. The van der Waals surface area contributed by atoms with Gasteiger partial charge in [-0.1, -0.05) is 254 Å². The van der Waals surface area contributed by atoms with Gasteiger partial charge in [-0.05, 0) is 124 Å². The van der Waals surface area contributed by atoms with Crippen LogP contribution in [-0.4, -0.2) is 71.2 Å². The molecule has 3 unspecified atom stereocenters. The van der Waals surface area contributed by atoms with Crippen molar-refractivity contribution >= 4 is 23.9 Å². The van der Waals surface area contributed by atoms with Crippen LogP contribution in [-0.2, 0) is 19.3 Å². The summed E-state index contributed by atoms with van der Waals surface area (Å²) in [6.07, 6.45) is 44.9. The van der Waals surface area contributed by atoms with E-state index in [0.29, 0.717) is 28.1 Å². The van der Waals surface area contributed by atoms with Gasteiger partial charge in [0, 0.05) is 22.6 Å². The molecule has 0 saturated carbocycles. The molecule has 0 amide bonds. The molecule has 8 N–H and O–H groups in total. The van der Waals surface area contributed by atoms with Crippen LogP contribution in [0.5, 0.6) is 17.2 Å². The van der Waals surface area contributed by atoms with Gasteiger partial charge >= 0.3 is 0 Å². The van der Waals surface area contributed by atoms with Crippen LogP contribution in [0.3, 0.4) is 0 Å². The standard InChI is InChI=1S/C19H31NO2.C17H27NO2.C16H25NO2.C16H33NO2/c1-2-3-4-5-6-7-8-9-10-11-12-17-13-14-19(21)18(15-17)16-20-22;1-3-4-5-6-7-8-9-10-15-11-12-17(19)16(13-15)14(2)18-20;1-2-3-4-5-6-7-8-9-14-10-11-16(18)15(12-14)13-17-19;1-5-9-11-13(7-3)15(17-19)16(18)14(8-4)12-10-6-2/h13-16,21-22H,2-12H2,1H3;11-13,19-20H,3-10H2,1-2H3;10-13,18-19H,2-9H2,1H3;13-14,16,18-19H,5-12H2,1-4H3/b20-16+;18-14+;17-13+;17-15-. The molecule has 12 nitrogen and oxygen atoms in total. The lowest BCUT2D eigenvalue weighted by atomic mass is 9.83. The lowest BCUT2D eigenvalue weighted by Crippen LogP contribution is -2.34. The van der Waals surface area contributed by atoms with Crippen molar-refractivity contribution in [3.63, 3.8) is 0 Å². The molecule has 0 spiro atoms. The van der Waals surface area contributed by atoms with Gasteiger partial charge in [-0.3, -0.25) is 0 Å². The average Bonchev–Trinajstić information content (AvgIpc) is 3.48. The molecule has 3 rings (SSSR count). The number of benzene rings is 3. The zero-order chi connectivity index (χ0) is 59.4. The second-order valence-electron chi connectivity index (χ2n) is 22.0. The number of rotatable bonds is 41. The predicted molar refractivity (Wildman–Crippen MR) is 338 cm³/mol. The highest BCUT2D eigenvalue weighted by atomic mass is 16.4. The van der Waals surface area contributed by atoms with E-state index in [0.717, 1.165) is 70.6 Å². The van der Waals surface area contributed by atoms with Crippen molar-refractivity contribution < 1.29 is 41.3 Å². The van der Waals surface area contributed by atoms with Crippen molar-refractivity contribution in [1.82, 2.24) is 0 Å². The minimum atomic E-state index is -0.580. The maximum Gasteiger partial charge on any atom is 0.124 e. The second kappa shape index (κ2) is 52.0. The number of hydrogen-bond donors (Lipinski definition) is 8. The monoisotopic (exact) mass is 1120 g/mol. The first kappa shape index (κ1) is 74.9. The number of aliphatic hydroxyl groups is 1. The van der Waals surface area contributed by atoms with E-state index in [2.05, 4.69) is 69.1 Å². The molecule has 12 heteroatoms. The third-order valence-electron chi connectivity index (χ3n) is 15.3. The van der Waals surface area contributed by atoms with E-state index in [1.54, 1.807) is 25.1 Å². The van der Waals surface area contributed by atoms with Crippen LogP contribution in [0.4, 0.5) is 0 Å². The molecule has 0 heterocycles. The molecule has 0 aliphatic rings. The first-order valence-electron chi connectivity index (χ1n) is 31.8. The van der Waals surface area contributed by atoms with Crippen LogP contribution in [0.25, 0.3) is 0 Å². The van der Waals surface area contributed by atoms with Crippen LogP contribution in [0.2, 0.25) is 0 Å². The van der Waals surface area contributed by atoms with E-state index >= 15 is 0 Å². The fourth-order valence-electron chi connectivity index (χ4n) is 10.0. The Labute approximate surface area is 487 Å². The second-order valence-corrected chi connectivity index (χ2v) is 22.0. The Morgan fingerprint density at radius 1 is 0.412 bits per heavy atom. The summed E-state index contributed by atoms with van der Waals surface area (Å²) in [5, 5.41) is 87.1. The molecule has 80 heavy (non-hydrogen) atoms. The molecule has 3 aromatic rings. The first-order valence-corrected chi connectivity index (χ1v) is 31.8. The maximum absolute atomic E-state index is 10.5. The summed E-state index contributed by atoms with van der Waals surface area (Å²) in [6, 6.07) is 16.5. The van der Waals surface area contributed by atoms with Crippen molar-refractivity contribution in [3.05, 3.63) is 88.0 Å². The van der Waals surface area contributed by atoms with Crippen LogP contribution in [0, 0.1) is 11.8 Å². The third-order valence-corrected chi connectivity index (χ3v) is 15.3. The van der Waals surface area contributed by atoms with E-state index in [-0.39, 0.29) is 29.1 Å². The van der Waals surface area contributed by atoms with Crippen LogP contribution >= 0.6 is 0 Å². The number of aromatic hydroxyl groups is 3. The Kier molecular flexibility index (Phi) is 48.7. The molecular weight excluding hydrogens is 1000 g/mol. The quantitative estimate of drug-likeness (QED) is 0.0118. The Bertz CT molecular complexity index is 2060. The summed E-state index contributed by atoms with van der Waals surface area (Å²) in [5.41, 5.74) is 6.38. The zero-order valence-corrected chi connectivity index (χ0v) is 51.7. The SMILES string of the molecule is CCCCC(CC)/C(=N/O)C(O)C(CC)CCCC.CCCCCCCCCCCCc1ccc(O)c(/C=N/O)c1.CCCCCCCCCc1ccc(O)c(/C(C)=N/O)c1.CCCCCCCCCc1ccc(O)c(/C=N/O)c1. The van der Waals surface area contributed by atoms with Gasteiger partial charge in [0.1, 0.15) is 17.2 Å². The van der Waals surface area contributed by atoms with Gasteiger partial charge in [-0.2, -0.15) is 0 Å². The molecule has 3 aromatic carbocycles. The highest BCUT2D eigenvalue weighted by Gasteiger charge is 2.28. The number of phenolic OH excluding ortho intramolecular Hbond substituents is 3. The van der Waals surface area contributed by atoms with Crippen molar-refractivity contribution in [2.24, 2.45) is 32.5 Å². The zero-order valence-electron chi connectivity index (χ0n) is 51.7. The van der Waals surface area contributed by atoms with Gasteiger partial charge in [0.25, 0.3) is 0 Å². The molecule has 0 aromatic heterocycles. The van der Waals surface area contributed by atoms with E-state index < -0.39 is 6.10 Å². The number of oxime groups is 4. The molecule has 0 fully saturated rings. The van der Waals surface area contributed by atoms with Crippen LogP contribution in [0.15, 0.2) is 75.2 Å². The van der Waals surface area contributed by atoms with E-state index in [1.807, 2.05) is 36.4 Å². The average molecular weight is 1120 g/mol. The lowest BCUT2D eigenvalue weighted by molar-refractivity contribution is 0.146. The van der Waals surface area contributed by atoms with Crippen molar-refractivity contribution in [2.45, 2.75) is 286 Å². The third kappa shape index (κ3) is 36.3. The smallest absolute Gasteiger partial charge is 0.124 e. The largest absolute Gasteiger partial charge is 0.507 e. The molecule has 0 radical (unpaired) electrons. The van der Waals surface area contributed by atoms with Gasteiger partial charge in [0.05, 0.1) is 30.0 Å². The van der Waals surface area contributed by atoms with Crippen LogP contribution in [0.1, 0.15) is 294 Å². The summed E-state index contributed by atoms with van der Waals surface area (Å²) >= 11 is 0. The summed E-state index contributed by atoms with van der Waals surface area (Å²) < 4.78 is 0. The summed E-state index contributed by atoms with van der Waals surface area (Å²) in [5.74, 6) is 0.923. The number of aryl methyl sites for hydroxylation is 3. The van der Waals surface area contributed by atoms with Gasteiger partial charge in [0.2, 0.25) is 0 Å². The molecule has 0 bridgehead atoms. The Balaban J connectivity index is 0.00000104. The number of aliphatic hydroxyl groups excluding tert-OH is 1. The number of phenols is 3. The van der Waals surface area contributed by atoms with Crippen molar-refractivity contribution in [2.75, 3.05) is 0 Å². The fourth-order valence-corrected chi connectivity index (χ4v) is 10.0. The maximum atomic E-state index is 10.5. The summed E-state index contributed by atoms with van der Waals surface area (Å²) in [6.45, 7) is 16.9. The van der Waals surface area contributed by atoms with E-state index in [9.17, 15) is 25.6 Å². The molecular formula is C68H116N4O8. The fraction of sp³-hybridized carbons (Fsp3) is 0.676. The minimum Gasteiger partial charge on any atom is -0.507 e. The predicted octanol–water partition coefficient (Wildman–Crippen LogP) is 19.7. The normalized spacial score (nSPS) is 12.8. The Morgan fingerprint density at radius 2 is 0.762 bits per heavy atom. The van der Waals surface area contributed by atoms with Crippen LogP contribution < -0.4 is 0 Å². The van der Waals surface area contributed by atoms with Crippen molar-refractivity contribution in [1.29, 1.82) is 0 Å². The highest BCUT2D eigenvalue weighted by molar-refractivity contribution is 6.00.